The van der Waals surface area contributed by atoms with Crippen LogP contribution in [-0.4, -0.2) is 23.4 Å². The average Bonchev–Trinajstić information content (AvgIpc) is 1.65. The summed E-state index contributed by atoms with van der Waals surface area (Å²) in [6.45, 7) is 1.71. The van der Waals surface area contributed by atoms with Crippen LogP contribution in [0.1, 0.15) is 6.92 Å². The molecule has 0 amide bonds. The Kier molecular flexibility index (Phi) is 3.37. The fourth-order valence-corrected chi connectivity index (χ4v) is 0.788. The van der Waals surface area contributed by atoms with Gasteiger partial charge in [-0.1, -0.05) is 4.57 Å². The largest absolute Gasteiger partial charge is 0.478 e. The highest BCUT2D eigenvalue weighted by atomic mass is 31.1. The Bertz CT molecular complexity index is 110. The first-order chi connectivity index (χ1) is 3.66. The van der Waals surface area contributed by atoms with E-state index in [1.54, 1.807) is 6.92 Å². The second kappa shape index (κ2) is 3.56. The summed E-state index contributed by atoms with van der Waals surface area (Å²) >= 11 is 0. The van der Waals surface area contributed by atoms with E-state index < -0.39 is 13.8 Å². The number of rotatable bonds is 3. The van der Waals surface area contributed by atoms with Crippen molar-refractivity contribution >= 4 is 13.8 Å². The zero-order chi connectivity index (χ0) is 6.57. The van der Waals surface area contributed by atoms with Gasteiger partial charge in [0.25, 0.3) is 0 Å². The topological polar surface area (TPSA) is 54.4 Å². The van der Waals surface area contributed by atoms with Gasteiger partial charge in [-0.05, 0) is 6.92 Å². The molecule has 0 aromatic carbocycles. The van der Waals surface area contributed by atoms with Crippen molar-refractivity contribution in [2.45, 2.75) is 6.92 Å². The minimum atomic E-state index is -1.47. The monoisotopic (exact) mass is 135 g/mol. The summed E-state index contributed by atoms with van der Waals surface area (Å²) in [7, 11) is -1.47. The van der Waals surface area contributed by atoms with Gasteiger partial charge in [-0.3, -0.25) is 0 Å². The van der Waals surface area contributed by atoms with E-state index in [1.165, 1.54) is 0 Å². The molecule has 3 nitrogen and oxygen atoms in total. The molecule has 0 aromatic rings. The van der Waals surface area contributed by atoms with Crippen LogP contribution >= 0.6 is 7.80 Å². The van der Waals surface area contributed by atoms with Gasteiger partial charge in [-0.25, -0.2) is 4.79 Å². The van der Waals surface area contributed by atoms with Crippen molar-refractivity contribution in [2.24, 2.45) is 0 Å². The molecule has 0 heterocycles. The van der Waals surface area contributed by atoms with Gasteiger partial charge >= 0.3 is 13.8 Å². The molecule has 0 bridgehead atoms. The minimum Gasteiger partial charge on any atom is -0.478 e. The molecule has 0 aliphatic carbocycles. The highest BCUT2D eigenvalue weighted by molar-refractivity contribution is 7.45. The quantitative estimate of drug-likeness (QED) is 0.585. The van der Waals surface area contributed by atoms with E-state index in [0.29, 0.717) is 6.16 Å². The minimum absolute atomic E-state index is 0.189. The van der Waals surface area contributed by atoms with Crippen LogP contribution in [0.3, 0.4) is 0 Å². The zero-order valence-electron chi connectivity index (χ0n) is 4.63. The van der Waals surface area contributed by atoms with E-state index >= 15 is 0 Å². The molecule has 1 N–H and O–H groups in total. The summed E-state index contributed by atoms with van der Waals surface area (Å²) in [5, 5.41) is 8.03. The van der Waals surface area contributed by atoms with Crippen molar-refractivity contribution in [2.75, 3.05) is 12.3 Å². The molecule has 0 fully saturated rings. The summed E-state index contributed by atoms with van der Waals surface area (Å²) in [6, 6.07) is 0. The number of carbonyl (C=O) groups is 1. The lowest BCUT2D eigenvalue weighted by atomic mass is 10.8. The number of hydrogen-bond acceptors (Lipinski definition) is 2. The number of carboxylic acid groups (broad SMARTS) is 1. The van der Waals surface area contributed by atoms with Gasteiger partial charge in [0.15, 0.2) is 0 Å². The molecular weight excluding hydrogens is 127 g/mol. The lowest BCUT2D eigenvalue weighted by Crippen LogP contribution is -1.97. The van der Waals surface area contributed by atoms with Gasteiger partial charge in [-0.15, -0.1) is 0 Å². The molecule has 0 saturated carbocycles. The molecule has 46 valence electrons. The van der Waals surface area contributed by atoms with Crippen LogP contribution < -0.4 is 0 Å². The summed E-state index contributed by atoms with van der Waals surface area (Å²) < 4.78 is 10.4. The van der Waals surface area contributed by atoms with E-state index in [1.807, 2.05) is 0 Å². The van der Waals surface area contributed by atoms with Crippen LogP contribution in [0.4, 0.5) is 0 Å². The van der Waals surface area contributed by atoms with Crippen molar-refractivity contribution in [3.8, 4) is 0 Å². The molecule has 4 heteroatoms. The van der Waals surface area contributed by atoms with Crippen molar-refractivity contribution in [3.63, 3.8) is 0 Å². The highest BCUT2D eigenvalue weighted by Gasteiger charge is 2.15. The number of hydrogen-bond donors (Lipinski definition) is 1. The zero-order valence-corrected chi connectivity index (χ0v) is 5.52. The summed E-state index contributed by atoms with van der Waals surface area (Å²) in [4.78, 5) is 9.78. The van der Waals surface area contributed by atoms with E-state index in [2.05, 4.69) is 0 Å². The van der Waals surface area contributed by atoms with Crippen LogP contribution in [-0.2, 0) is 9.36 Å². The fourth-order valence-electron chi connectivity index (χ4n) is 0.263. The molecule has 0 aliphatic heterocycles. The van der Waals surface area contributed by atoms with Gasteiger partial charge in [0, 0.05) is 0 Å². The van der Waals surface area contributed by atoms with Crippen LogP contribution in [0.2, 0.25) is 0 Å². The Morgan fingerprint density at radius 1 is 1.75 bits per heavy atom. The molecule has 0 radical (unpaired) electrons. The smallest absolute Gasteiger partial charge is 0.352 e. The van der Waals surface area contributed by atoms with Crippen molar-refractivity contribution in [1.29, 1.82) is 0 Å². The number of carboxylic acids is 1. The molecular formula is C4H8O3P+. The van der Waals surface area contributed by atoms with Gasteiger partial charge in [0.1, 0.15) is 6.16 Å². The SMILES string of the molecule is CC[P+](=O)CC(=O)O. The maximum absolute atomic E-state index is 10.4. The number of aliphatic carboxylic acids is 1. The second-order valence-corrected chi connectivity index (χ2v) is 3.26. The maximum Gasteiger partial charge on any atom is 0.352 e. The predicted octanol–water partition coefficient (Wildman–Crippen LogP) is 0.918. The maximum atomic E-state index is 10.4. The van der Waals surface area contributed by atoms with Gasteiger partial charge in [0.2, 0.25) is 6.16 Å². The first kappa shape index (κ1) is 7.57. The Morgan fingerprint density at radius 3 is 2.38 bits per heavy atom. The van der Waals surface area contributed by atoms with Gasteiger partial charge in [0.05, 0.1) is 0 Å². The molecule has 0 saturated heterocycles. The summed E-state index contributed by atoms with van der Waals surface area (Å²) in [6.07, 6.45) is 0.271. The van der Waals surface area contributed by atoms with Crippen LogP contribution in [0.15, 0.2) is 0 Å². The Labute approximate surface area is 48.5 Å². The van der Waals surface area contributed by atoms with Crippen molar-refractivity contribution < 1.29 is 14.5 Å². The molecule has 1 unspecified atom stereocenters. The molecule has 0 aromatic heterocycles. The third kappa shape index (κ3) is 3.75. The van der Waals surface area contributed by atoms with E-state index in [-0.39, 0.29) is 6.16 Å². The fraction of sp³-hybridized carbons (Fsp3) is 0.750. The molecule has 1 atom stereocenters. The predicted molar refractivity (Wildman–Crippen MR) is 30.7 cm³/mol. The van der Waals surface area contributed by atoms with Crippen LogP contribution in [0, 0.1) is 0 Å². The highest BCUT2D eigenvalue weighted by Crippen LogP contribution is 2.17. The van der Waals surface area contributed by atoms with E-state index in [4.69, 9.17) is 5.11 Å². The molecule has 8 heavy (non-hydrogen) atoms. The van der Waals surface area contributed by atoms with E-state index in [9.17, 15) is 9.36 Å². The molecule has 0 spiro atoms. The van der Waals surface area contributed by atoms with Crippen molar-refractivity contribution in [1.82, 2.24) is 0 Å². The lowest BCUT2D eigenvalue weighted by Gasteiger charge is -1.75. The first-order valence-electron chi connectivity index (χ1n) is 2.30. The van der Waals surface area contributed by atoms with Crippen molar-refractivity contribution in [3.05, 3.63) is 0 Å². The standard InChI is InChI=1S/C4H7O3P/c1-2-8(7)3-4(5)6/h2-3H2,1H3/p+1. The summed E-state index contributed by atoms with van der Waals surface area (Å²) in [5.74, 6) is -0.979. The Hall–Kier alpha value is -0.430. The lowest BCUT2D eigenvalue weighted by molar-refractivity contribution is -0.134. The molecule has 0 aliphatic rings. The van der Waals surface area contributed by atoms with Gasteiger partial charge < -0.3 is 5.11 Å². The Morgan fingerprint density at radius 2 is 2.25 bits per heavy atom. The van der Waals surface area contributed by atoms with Gasteiger partial charge in [-0.2, -0.15) is 0 Å². The third-order valence-electron chi connectivity index (χ3n) is 0.664. The van der Waals surface area contributed by atoms with Crippen LogP contribution in [0.5, 0.6) is 0 Å². The second-order valence-electron chi connectivity index (χ2n) is 1.35. The van der Waals surface area contributed by atoms with E-state index in [0.717, 1.165) is 0 Å². The average molecular weight is 135 g/mol. The normalized spacial score (nSPS) is 10.9. The third-order valence-corrected chi connectivity index (χ3v) is 1.99. The molecule has 0 rings (SSSR count). The first-order valence-corrected chi connectivity index (χ1v) is 3.93. The summed E-state index contributed by atoms with van der Waals surface area (Å²) in [5.41, 5.74) is 0. The Balaban J connectivity index is 3.40. The van der Waals surface area contributed by atoms with Crippen LogP contribution in [0.25, 0.3) is 0 Å².